The third-order valence-corrected chi connectivity index (χ3v) is 3.21. The van der Waals surface area contributed by atoms with E-state index in [1.165, 1.54) is 25.3 Å². The predicted molar refractivity (Wildman–Crippen MR) is 98.7 cm³/mol. The first-order chi connectivity index (χ1) is 13.2. The summed E-state index contributed by atoms with van der Waals surface area (Å²) in [5, 5.41) is 2.19. The predicted octanol–water partition coefficient (Wildman–Crippen LogP) is 4.12. The lowest BCUT2D eigenvalue weighted by Gasteiger charge is -2.16. The van der Waals surface area contributed by atoms with E-state index in [2.05, 4.69) is 5.32 Å². The Hall–Kier alpha value is -2.45. The molecule has 0 aliphatic heterocycles. The van der Waals surface area contributed by atoms with Gasteiger partial charge in [0.05, 0.1) is 13.5 Å². The summed E-state index contributed by atoms with van der Waals surface area (Å²) in [6.45, 7) is 6.92. The second-order valence-electron chi connectivity index (χ2n) is 5.45. The van der Waals surface area contributed by atoms with Crippen LogP contribution >= 0.6 is 0 Å². The second-order valence-corrected chi connectivity index (χ2v) is 5.45. The van der Waals surface area contributed by atoms with Crippen LogP contribution in [0.5, 0.6) is 11.5 Å². The van der Waals surface area contributed by atoms with E-state index in [1.807, 2.05) is 13.8 Å². The summed E-state index contributed by atoms with van der Waals surface area (Å²) < 4.78 is 52.1. The average Bonchev–Trinajstić information content (AvgIpc) is 2.66. The Morgan fingerprint density at radius 3 is 2.36 bits per heavy atom. The second kappa shape index (κ2) is 12.9. The van der Waals surface area contributed by atoms with Gasteiger partial charge in [-0.15, -0.1) is 0 Å². The zero-order chi connectivity index (χ0) is 21.7. The molecule has 28 heavy (non-hydrogen) atoms. The lowest BCUT2D eigenvalue weighted by molar-refractivity contribution is -0.149. The molecule has 1 atom stereocenters. The van der Waals surface area contributed by atoms with Gasteiger partial charge in [0, 0.05) is 18.5 Å². The number of esters is 1. The maximum absolute atomic E-state index is 12.1. The Morgan fingerprint density at radius 2 is 1.82 bits per heavy atom. The number of carbonyl (C=O) groups is 2. The molecule has 1 amide bonds. The van der Waals surface area contributed by atoms with E-state index in [4.69, 9.17) is 14.2 Å². The molecule has 0 radical (unpaired) electrons. The highest BCUT2D eigenvalue weighted by atomic mass is 19.4. The van der Waals surface area contributed by atoms with Gasteiger partial charge in [0.15, 0.2) is 11.5 Å². The van der Waals surface area contributed by atoms with Crippen molar-refractivity contribution in [1.29, 1.82) is 0 Å². The van der Waals surface area contributed by atoms with Crippen molar-refractivity contribution in [2.45, 2.75) is 52.8 Å². The zero-order valence-corrected chi connectivity index (χ0v) is 16.8. The lowest BCUT2D eigenvalue weighted by atomic mass is 10.2. The fourth-order valence-corrected chi connectivity index (χ4v) is 1.90. The zero-order valence-electron chi connectivity index (χ0n) is 16.8. The lowest BCUT2D eigenvalue weighted by Crippen LogP contribution is -2.28. The quantitative estimate of drug-likeness (QED) is 0.624. The van der Waals surface area contributed by atoms with Crippen molar-refractivity contribution in [3.8, 4) is 11.5 Å². The summed E-state index contributed by atoms with van der Waals surface area (Å²) in [4.78, 5) is 23.1. The molecule has 0 heterocycles. The van der Waals surface area contributed by atoms with Crippen molar-refractivity contribution < 1.29 is 37.0 Å². The Labute approximate surface area is 163 Å². The van der Waals surface area contributed by atoms with E-state index in [0.29, 0.717) is 5.75 Å². The largest absolute Gasteiger partial charge is 0.493 e. The summed E-state index contributed by atoms with van der Waals surface area (Å²) in [5.41, 5.74) is 0.141. The summed E-state index contributed by atoms with van der Waals surface area (Å²) in [6.07, 6.45) is -5.66. The van der Waals surface area contributed by atoms with E-state index >= 15 is 0 Å². The van der Waals surface area contributed by atoms with Gasteiger partial charge in [-0.3, -0.25) is 9.59 Å². The smallest absolute Gasteiger partial charge is 0.390 e. The van der Waals surface area contributed by atoms with Crippen LogP contribution in [0.25, 0.3) is 0 Å². The average molecular weight is 407 g/mol. The molecule has 0 saturated heterocycles. The van der Waals surface area contributed by atoms with Crippen LogP contribution in [0.3, 0.4) is 0 Å². The van der Waals surface area contributed by atoms with Gasteiger partial charge in [-0.2, -0.15) is 13.2 Å². The number of hydrogen-bond donors (Lipinski definition) is 1. The Morgan fingerprint density at radius 1 is 1.18 bits per heavy atom. The third-order valence-electron chi connectivity index (χ3n) is 3.21. The van der Waals surface area contributed by atoms with E-state index in [-0.39, 0.29) is 30.3 Å². The standard InChI is InChI=1S/C17H22F3NO5.C2H6/c1-4-15(22)26-11(2)10-25-13-6-5-12(9-14(13)24-3)16(23)21-8-7-17(18,19)20;1-2/h5-6,9,11H,4,7-8,10H2,1-3H3,(H,21,23);1-2H3. The summed E-state index contributed by atoms with van der Waals surface area (Å²) in [6, 6.07) is 4.23. The van der Waals surface area contributed by atoms with Crippen LogP contribution in [-0.4, -0.2) is 44.4 Å². The molecule has 0 fully saturated rings. The van der Waals surface area contributed by atoms with Gasteiger partial charge in [-0.25, -0.2) is 0 Å². The van der Waals surface area contributed by atoms with Crippen LogP contribution in [0.15, 0.2) is 18.2 Å². The number of ether oxygens (including phenoxy) is 3. The minimum absolute atomic E-state index is 0.0826. The van der Waals surface area contributed by atoms with Crippen molar-refractivity contribution in [2.24, 2.45) is 0 Å². The van der Waals surface area contributed by atoms with Crippen LogP contribution in [0.2, 0.25) is 0 Å². The Kier molecular flexibility index (Phi) is 11.7. The third kappa shape index (κ3) is 10.0. The Bertz CT molecular complexity index is 620. The number of nitrogens with one attached hydrogen (secondary N) is 1. The molecule has 9 heteroatoms. The van der Waals surface area contributed by atoms with Gasteiger partial charge in [0.25, 0.3) is 5.91 Å². The summed E-state index contributed by atoms with van der Waals surface area (Å²) in [5.74, 6) is -0.440. The van der Waals surface area contributed by atoms with Crippen LogP contribution in [0.1, 0.15) is 50.9 Å². The van der Waals surface area contributed by atoms with Gasteiger partial charge in [0.2, 0.25) is 0 Å². The maximum Gasteiger partial charge on any atom is 0.390 e. The van der Waals surface area contributed by atoms with Crippen molar-refractivity contribution >= 4 is 11.9 Å². The molecule has 6 nitrogen and oxygen atoms in total. The van der Waals surface area contributed by atoms with Crippen LogP contribution in [0.4, 0.5) is 13.2 Å². The normalized spacial score (nSPS) is 11.6. The molecule has 0 aromatic heterocycles. The number of alkyl halides is 3. The van der Waals surface area contributed by atoms with Crippen molar-refractivity contribution in [3.63, 3.8) is 0 Å². The molecule has 0 bridgehead atoms. The van der Waals surface area contributed by atoms with E-state index in [1.54, 1.807) is 13.8 Å². The molecule has 0 aliphatic rings. The van der Waals surface area contributed by atoms with Crippen molar-refractivity contribution in [1.82, 2.24) is 5.32 Å². The molecular weight excluding hydrogens is 379 g/mol. The topological polar surface area (TPSA) is 73.9 Å². The summed E-state index contributed by atoms with van der Waals surface area (Å²) in [7, 11) is 1.37. The van der Waals surface area contributed by atoms with Crippen LogP contribution < -0.4 is 14.8 Å². The van der Waals surface area contributed by atoms with Gasteiger partial charge in [-0.1, -0.05) is 20.8 Å². The highest BCUT2D eigenvalue weighted by Crippen LogP contribution is 2.28. The van der Waals surface area contributed by atoms with Crippen molar-refractivity contribution in [3.05, 3.63) is 23.8 Å². The molecule has 1 aromatic rings. The Balaban J connectivity index is 0.00000352. The number of amides is 1. The number of hydrogen-bond acceptors (Lipinski definition) is 5. The number of halogens is 3. The van der Waals surface area contributed by atoms with E-state index in [9.17, 15) is 22.8 Å². The molecule has 1 rings (SSSR count). The van der Waals surface area contributed by atoms with Crippen LogP contribution in [-0.2, 0) is 9.53 Å². The molecule has 1 N–H and O–H groups in total. The highest BCUT2D eigenvalue weighted by molar-refractivity contribution is 5.94. The van der Waals surface area contributed by atoms with E-state index in [0.717, 1.165) is 0 Å². The highest BCUT2D eigenvalue weighted by Gasteiger charge is 2.26. The number of carbonyl (C=O) groups excluding carboxylic acids is 2. The monoisotopic (exact) mass is 407 g/mol. The molecule has 1 unspecified atom stereocenters. The first-order valence-corrected chi connectivity index (χ1v) is 9.01. The molecule has 160 valence electrons. The molecule has 1 aromatic carbocycles. The van der Waals surface area contributed by atoms with Gasteiger partial charge >= 0.3 is 12.1 Å². The number of rotatable bonds is 9. The number of benzene rings is 1. The molecule has 0 spiro atoms. The van der Waals surface area contributed by atoms with Gasteiger partial charge < -0.3 is 19.5 Å². The SMILES string of the molecule is CC.CCC(=O)OC(C)COc1ccc(C(=O)NCCC(F)(F)F)cc1OC. The summed E-state index contributed by atoms with van der Waals surface area (Å²) >= 11 is 0. The molecular formula is C19H28F3NO5. The first kappa shape index (κ1) is 25.6. The first-order valence-electron chi connectivity index (χ1n) is 9.01. The fraction of sp³-hybridized carbons (Fsp3) is 0.579. The van der Waals surface area contributed by atoms with Crippen LogP contribution in [0, 0.1) is 0 Å². The van der Waals surface area contributed by atoms with Gasteiger partial charge in [0.1, 0.15) is 12.7 Å². The minimum atomic E-state index is -4.33. The minimum Gasteiger partial charge on any atom is -0.493 e. The van der Waals surface area contributed by atoms with Gasteiger partial charge in [-0.05, 0) is 25.1 Å². The van der Waals surface area contributed by atoms with Crippen molar-refractivity contribution in [2.75, 3.05) is 20.3 Å². The fourth-order valence-electron chi connectivity index (χ4n) is 1.90. The number of methoxy groups -OCH3 is 1. The maximum atomic E-state index is 12.1. The molecule has 0 saturated carbocycles. The van der Waals surface area contributed by atoms with E-state index < -0.39 is 31.2 Å². The molecule has 0 aliphatic carbocycles.